The van der Waals surface area contributed by atoms with Crippen LogP contribution in [0.25, 0.3) is 0 Å². The van der Waals surface area contributed by atoms with Crippen LogP contribution in [0, 0.1) is 18.8 Å². The second-order valence-corrected chi connectivity index (χ2v) is 6.63. The lowest BCUT2D eigenvalue weighted by atomic mass is 10.1. The number of aliphatic hydroxyl groups is 1. The molecule has 0 radical (unpaired) electrons. The molecular weight excluding hydrogens is 276 g/mol. The molecule has 1 rings (SSSR count). The van der Waals surface area contributed by atoms with E-state index in [0.29, 0.717) is 11.1 Å². The summed E-state index contributed by atoms with van der Waals surface area (Å²) < 4.78 is 26.1. The topological polar surface area (TPSA) is 83.6 Å². The van der Waals surface area contributed by atoms with Gasteiger partial charge in [-0.2, -0.15) is 4.31 Å². The van der Waals surface area contributed by atoms with Crippen molar-refractivity contribution in [3.63, 3.8) is 0 Å². The Morgan fingerprint density at radius 3 is 2.65 bits per heavy atom. The van der Waals surface area contributed by atoms with Crippen LogP contribution in [-0.4, -0.2) is 44.1 Å². The first kappa shape index (κ1) is 16.7. The first-order chi connectivity index (χ1) is 9.28. The van der Waals surface area contributed by atoms with Gasteiger partial charge in [0.1, 0.15) is 0 Å². The van der Waals surface area contributed by atoms with E-state index in [-0.39, 0.29) is 18.0 Å². The van der Waals surface area contributed by atoms with Crippen LogP contribution in [0.3, 0.4) is 0 Å². The SMILES string of the molecule is Cc1ccc(C#CCN)cc1S(=O)(=O)N(C)CC(C)O. The molecule has 5 nitrogen and oxygen atoms in total. The molecule has 0 aliphatic heterocycles. The molecule has 1 aromatic carbocycles. The van der Waals surface area contributed by atoms with E-state index in [1.165, 1.54) is 13.1 Å². The Hall–Kier alpha value is -1.39. The van der Waals surface area contributed by atoms with Gasteiger partial charge in [-0.25, -0.2) is 8.42 Å². The first-order valence-corrected chi connectivity index (χ1v) is 7.67. The highest BCUT2D eigenvalue weighted by Crippen LogP contribution is 2.20. The minimum absolute atomic E-state index is 0.0421. The zero-order valence-electron chi connectivity index (χ0n) is 11.9. The van der Waals surface area contributed by atoms with Gasteiger partial charge in [0.2, 0.25) is 10.0 Å². The molecule has 0 heterocycles. The predicted octanol–water partition coefficient (Wildman–Crippen LogP) is 0.307. The summed E-state index contributed by atoms with van der Waals surface area (Å²) >= 11 is 0. The minimum Gasteiger partial charge on any atom is -0.392 e. The standard InChI is InChI=1S/C14H20N2O3S/c1-11-6-7-13(5-4-8-15)9-14(11)20(18,19)16(3)10-12(2)17/h6-7,9,12,17H,8,10,15H2,1-3H3. The summed E-state index contributed by atoms with van der Waals surface area (Å²) in [5, 5.41) is 9.33. The van der Waals surface area contributed by atoms with Crippen molar-refractivity contribution in [3.8, 4) is 11.8 Å². The first-order valence-electron chi connectivity index (χ1n) is 6.23. The molecule has 3 N–H and O–H groups in total. The van der Waals surface area contributed by atoms with E-state index >= 15 is 0 Å². The summed E-state index contributed by atoms with van der Waals surface area (Å²) in [5.41, 5.74) is 6.55. The highest BCUT2D eigenvalue weighted by molar-refractivity contribution is 7.89. The van der Waals surface area contributed by atoms with Crippen molar-refractivity contribution in [2.24, 2.45) is 5.73 Å². The second kappa shape index (κ2) is 6.86. The molecule has 0 fully saturated rings. The number of nitrogens with two attached hydrogens (primary N) is 1. The summed E-state index contributed by atoms with van der Waals surface area (Å²) in [5.74, 6) is 5.51. The van der Waals surface area contributed by atoms with Gasteiger partial charge in [-0.1, -0.05) is 17.9 Å². The van der Waals surface area contributed by atoms with Gasteiger partial charge in [0.15, 0.2) is 0 Å². The summed E-state index contributed by atoms with van der Waals surface area (Å²) in [6, 6.07) is 5.00. The average molecular weight is 296 g/mol. The Morgan fingerprint density at radius 2 is 2.10 bits per heavy atom. The number of benzene rings is 1. The van der Waals surface area contributed by atoms with Crippen molar-refractivity contribution in [2.45, 2.75) is 24.8 Å². The Balaban J connectivity index is 3.23. The lowest BCUT2D eigenvalue weighted by molar-refractivity contribution is 0.171. The quantitative estimate of drug-likeness (QED) is 0.783. The summed E-state index contributed by atoms with van der Waals surface area (Å²) in [6.45, 7) is 3.53. The maximum absolute atomic E-state index is 12.5. The summed E-state index contributed by atoms with van der Waals surface area (Å²) in [6.07, 6.45) is -0.727. The Kier molecular flexibility index (Phi) is 5.72. The molecular formula is C14H20N2O3S. The zero-order chi connectivity index (χ0) is 15.3. The zero-order valence-corrected chi connectivity index (χ0v) is 12.7. The molecule has 1 atom stereocenters. The Labute approximate surface area is 120 Å². The fourth-order valence-electron chi connectivity index (χ4n) is 1.75. The van der Waals surface area contributed by atoms with Crippen LogP contribution in [0.4, 0.5) is 0 Å². The van der Waals surface area contributed by atoms with Crippen molar-refractivity contribution < 1.29 is 13.5 Å². The summed E-state index contributed by atoms with van der Waals surface area (Å²) in [4.78, 5) is 0.199. The van der Waals surface area contributed by atoms with E-state index < -0.39 is 16.1 Å². The number of nitrogens with zero attached hydrogens (tertiary/aromatic N) is 1. The third kappa shape index (κ3) is 4.05. The number of hydrogen-bond acceptors (Lipinski definition) is 4. The molecule has 0 amide bonds. The molecule has 6 heteroatoms. The fraction of sp³-hybridized carbons (Fsp3) is 0.429. The lowest BCUT2D eigenvalue weighted by Gasteiger charge is -2.20. The molecule has 1 aromatic rings. The minimum atomic E-state index is -3.64. The highest BCUT2D eigenvalue weighted by Gasteiger charge is 2.23. The molecule has 1 unspecified atom stereocenters. The molecule has 20 heavy (non-hydrogen) atoms. The van der Waals surface area contributed by atoms with E-state index in [1.807, 2.05) is 0 Å². The number of sulfonamides is 1. The van der Waals surface area contributed by atoms with Gasteiger partial charge in [0, 0.05) is 19.2 Å². The van der Waals surface area contributed by atoms with E-state index in [2.05, 4.69) is 11.8 Å². The molecule has 0 saturated heterocycles. The maximum atomic E-state index is 12.5. The average Bonchev–Trinajstić information content (AvgIpc) is 2.36. The maximum Gasteiger partial charge on any atom is 0.243 e. The lowest BCUT2D eigenvalue weighted by Crippen LogP contribution is -2.33. The summed E-state index contributed by atoms with van der Waals surface area (Å²) in [7, 11) is -2.19. The third-order valence-electron chi connectivity index (χ3n) is 2.73. The number of aryl methyl sites for hydroxylation is 1. The van der Waals surface area contributed by atoms with E-state index in [9.17, 15) is 13.5 Å². The number of rotatable bonds is 4. The predicted molar refractivity (Wildman–Crippen MR) is 78.6 cm³/mol. The van der Waals surface area contributed by atoms with Gasteiger partial charge in [-0.05, 0) is 31.5 Å². The number of hydrogen-bond donors (Lipinski definition) is 2. The fourth-order valence-corrected chi connectivity index (χ4v) is 3.25. The largest absolute Gasteiger partial charge is 0.392 e. The number of aliphatic hydroxyl groups excluding tert-OH is 1. The van der Waals surface area contributed by atoms with Crippen molar-refractivity contribution in [1.82, 2.24) is 4.31 Å². The van der Waals surface area contributed by atoms with Gasteiger partial charge in [-0.3, -0.25) is 0 Å². The van der Waals surface area contributed by atoms with Crippen molar-refractivity contribution in [1.29, 1.82) is 0 Å². The van der Waals surface area contributed by atoms with E-state index in [4.69, 9.17) is 5.73 Å². The molecule has 0 aliphatic carbocycles. The van der Waals surface area contributed by atoms with E-state index in [0.717, 1.165) is 4.31 Å². The van der Waals surface area contributed by atoms with Crippen LogP contribution < -0.4 is 5.73 Å². The van der Waals surface area contributed by atoms with Crippen molar-refractivity contribution in [2.75, 3.05) is 20.1 Å². The molecule has 110 valence electrons. The molecule has 0 saturated carbocycles. The van der Waals surface area contributed by atoms with Gasteiger partial charge >= 0.3 is 0 Å². The van der Waals surface area contributed by atoms with Crippen LogP contribution >= 0.6 is 0 Å². The molecule has 0 aromatic heterocycles. The van der Waals surface area contributed by atoms with Gasteiger partial charge in [0.05, 0.1) is 17.5 Å². The van der Waals surface area contributed by atoms with Gasteiger partial charge < -0.3 is 10.8 Å². The van der Waals surface area contributed by atoms with Crippen LogP contribution in [0.5, 0.6) is 0 Å². The Morgan fingerprint density at radius 1 is 1.45 bits per heavy atom. The normalized spacial score (nSPS) is 12.9. The van der Waals surface area contributed by atoms with Crippen LogP contribution in [0.1, 0.15) is 18.1 Å². The van der Waals surface area contributed by atoms with Crippen LogP contribution in [-0.2, 0) is 10.0 Å². The highest BCUT2D eigenvalue weighted by atomic mass is 32.2. The van der Waals surface area contributed by atoms with Crippen LogP contribution in [0.15, 0.2) is 23.1 Å². The third-order valence-corrected chi connectivity index (χ3v) is 4.70. The van der Waals surface area contributed by atoms with Gasteiger partial charge in [-0.15, -0.1) is 0 Å². The van der Waals surface area contributed by atoms with Crippen LogP contribution in [0.2, 0.25) is 0 Å². The number of likely N-dealkylation sites (N-methyl/N-ethyl adjacent to an activating group) is 1. The Bertz CT molecular complexity index is 628. The van der Waals surface area contributed by atoms with Crippen molar-refractivity contribution in [3.05, 3.63) is 29.3 Å². The molecule has 0 bridgehead atoms. The molecule has 0 aliphatic rings. The molecule has 0 spiro atoms. The van der Waals surface area contributed by atoms with Gasteiger partial charge in [0.25, 0.3) is 0 Å². The second-order valence-electron chi connectivity index (χ2n) is 4.62. The van der Waals surface area contributed by atoms with Crippen molar-refractivity contribution >= 4 is 10.0 Å². The smallest absolute Gasteiger partial charge is 0.243 e. The van der Waals surface area contributed by atoms with E-state index in [1.54, 1.807) is 26.0 Å². The monoisotopic (exact) mass is 296 g/mol.